The molecular weight excluding hydrogens is 234 g/mol. The first-order chi connectivity index (χ1) is 9.33. The first-order valence-corrected chi connectivity index (χ1v) is 7.79. The number of nitrogens with one attached hydrogen (secondary N) is 1. The molecule has 1 aliphatic rings. The van der Waals surface area contributed by atoms with Crippen molar-refractivity contribution in [2.75, 3.05) is 13.2 Å². The van der Waals surface area contributed by atoms with Crippen LogP contribution in [0.1, 0.15) is 57.6 Å². The molecule has 0 amide bonds. The van der Waals surface area contributed by atoms with Gasteiger partial charge in [0.05, 0.1) is 6.61 Å². The highest BCUT2D eigenvalue weighted by Crippen LogP contribution is 2.32. The molecule has 1 atom stereocenters. The second kappa shape index (κ2) is 7.54. The molecule has 0 aromatic heterocycles. The molecule has 19 heavy (non-hydrogen) atoms. The quantitative estimate of drug-likeness (QED) is 0.715. The summed E-state index contributed by atoms with van der Waals surface area (Å²) in [6, 6.07) is 9.09. The molecule has 0 saturated heterocycles. The number of ether oxygens (including phenoxy) is 1. The standard InChI is InChI=1S/C17H27NO/c1-3-12-18-17(4-2)15-7-9-16(10-8-15)19-13-11-14-5-6-14/h7-10,14,17-18H,3-6,11-13H2,1-2H3. The van der Waals surface area contributed by atoms with E-state index >= 15 is 0 Å². The monoisotopic (exact) mass is 261 g/mol. The fraction of sp³-hybridized carbons (Fsp3) is 0.647. The average molecular weight is 261 g/mol. The van der Waals surface area contributed by atoms with Gasteiger partial charge in [-0.05, 0) is 49.4 Å². The van der Waals surface area contributed by atoms with Crippen molar-refractivity contribution in [1.82, 2.24) is 5.32 Å². The van der Waals surface area contributed by atoms with Crippen LogP contribution in [-0.2, 0) is 0 Å². The molecule has 2 rings (SSSR count). The van der Waals surface area contributed by atoms with Gasteiger partial charge in [-0.1, -0.05) is 38.8 Å². The summed E-state index contributed by atoms with van der Waals surface area (Å²) >= 11 is 0. The van der Waals surface area contributed by atoms with Crippen LogP contribution in [0, 0.1) is 5.92 Å². The molecule has 1 fully saturated rings. The summed E-state index contributed by atoms with van der Waals surface area (Å²) in [5.41, 5.74) is 1.37. The van der Waals surface area contributed by atoms with Gasteiger partial charge in [-0.3, -0.25) is 0 Å². The van der Waals surface area contributed by atoms with Gasteiger partial charge in [-0.2, -0.15) is 0 Å². The fourth-order valence-corrected chi connectivity index (χ4v) is 2.36. The van der Waals surface area contributed by atoms with Crippen LogP contribution in [-0.4, -0.2) is 13.2 Å². The number of rotatable bonds is 9. The van der Waals surface area contributed by atoms with Crippen molar-refractivity contribution in [3.8, 4) is 5.75 Å². The molecule has 1 N–H and O–H groups in total. The molecule has 1 aliphatic carbocycles. The van der Waals surface area contributed by atoms with Gasteiger partial charge in [-0.15, -0.1) is 0 Å². The summed E-state index contributed by atoms with van der Waals surface area (Å²) in [5, 5.41) is 3.58. The third-order valence-electron chi connectivity index (χ3n) is 3.82. The molecule has 1 unspecified atom stereocenters. The van der Waals surface area contributed by atoms with Crippen LogP contribution in [0.3, 0.4) is 0 Å². The first-order valence-electron chi connectivity index (χ1n) is 7.79. The highest BCUT2D eigenvalue weighted by Gasteiger charge is 2.20. The Labute approximate surface area is 117 Å². The van der Waals surface area contributed by atoms with Crippen LogP contribution in [0.4, 0.5) is 0 Å². The van der Waals surface area contributed by atoms with E-state index in [1.54, 1.807) is 0 Å². The first kappa shape index (κ1) is 14.4. The Balaban J connectivity index is 1.81. The maximum atomic E-state index is 5.79. The molecule has 0 radical (unpaired) electrons. The van der Waals surface area contributed by atoms with E-state index in [1.165, 1.54) is 31.2 Å². The van der Waals surface area contributed by atoms with Gasteiger partial charge in [0.15, 0.2) is 0 Å². The maximum Gasteiger partial charge on any atom is 0.119 e. The minimum atomic E-state index is 0.473. The lowest BCUT2D eigenvalue weighted by Crippen LogP contribution is -2.21. The predicted octanol–water partition coefficient (Wildman–Crippen LogP) is 4.32. The highest BCUT2D eigenvalue weighted by molar-refractivity contribution is 5.29. The molecule has 106 valence electrons. The van der Waals surface area contributed by atoms with Crippen molar-refractivity contribution in [3.63, 3.8) is 0 Å². The van der Waals surface area contributed by atoms with Gasteiger partial charge in [0, 0.05) is 6.04 Å². The Morgan fingerprint density at radius 2 is 1.95 bits per heavy atom. The summed E-state index contributed by atoms with van der Waals surface area (Å²) in [5.74, 6) is 1.96. The van der Waals surface area contributed by atoms with Crippen molar-refractivity contribution in [2.45, 2.75) is 52.0 Å². The fourth-order valence-electron chi connectivity index (χ4n) is 2.36. The topological polar surface area (TPSA) is 21.3 Å². The maximum absolute atomic E-state index is 5.79. The number of hydrogen-bond donors (Lipinski definition) is 1. The molecule has 2 heteroatoms. The van der Waals surface area contributed by atoms with Crippen molar-refractivity contribution < 1.29 is 4.74 Å². The lowest BCUT2D eigenvalue weighted by atomic mass is 10.0. The second-order valence-electron chi connectivity index (χ2n) is 5.56. The molecule has 2 nitrogen and oxygen atoms in total. The smallest absolute Gasteiger partial charge is 0.119 e. The van der Waals surface area contributed by atoms with Gasteiger partial charge in [0.2, 0.25) is 0 Å². The van der Waals surface area contributed by atoms with Gasteiger partial charge >= 0.3 is 0 Å². The van der Waals surface area contributed by atoms with Crippen LogP contribution in [0.5, 0.6) is 5.75 Å². The zero-order valence-electron chi connectivity index (χ0n) is 12.3. The molecule has 0 bridgehead atoms. The molecule has 1 aromatic rings. The second-order valence-corrected chi connectivity index (χ2v) is 5.56. The Kier molecular flexibility index (Phi) is 5.71. The number of hydrogen-bond acceptors (Lipinski definition) is 2. The normalized spacial score (nSPS) is 16.3. The third-order valence-corrected chi connectivity index (χ3v) is 3.82. The molecule has 1 saturated carbocycles. The van der Waals surface area contributed by atoms with Crippen molar-refractivity contribution in [3.05, 3.63) is 29.8 Å². The average Bonchev–Trinajstić information content (AvgIpc) is 3.25. The Morgan fingerprint density at radius 1 is 1.21 bits per heavy atom. The summed E-state index contributed by atoms with van der Waals surface area (Å²) < 4.78 is 5.79. The summed E-state index contributed by atoms with van der Waals surface area (Å²) in [4.78, 5) is 0. The SMILES string of the molecule is CCCNC(CC)c1ccc(OCCC2CC2)cc1. The van der Waals surface area contributed by atoms with E-state index in [4.69, 9.17) is 4.74 Å². The van der Waals surface area contributed by atoms with Crippen molar-refractivity contribution in [2.24, 2.45) is 5.92 Å². The molecule has 0 aliphatic heterocycles. The Morgan fingerprint density at radius 3 is 2.53 bits per heavy atom. The molecule has 0 heterocycles. The highest BCUT2D eigenvalue weighted by atomic mass is 16.5. The minimum Gasteiger partial charge on any atom is -0.494 e. The van der Waals surface area contributed by atoms with Gasteiger partial charge in [0.1, 0.15) is 5.75 Å². The van der Waals surface area contributed by atoms with E-state index in [9.17, 15) is 0 Å². The summed E-state index contributed by atoms with van der Waals surface area (Å²) in [6.45, 7) is 6.39. The predicted molar refractivity (Wildman–Crippen MR) is 80.6 cm³/mol. The molecule has 1 aromatic carbocycles. The zero-order valence-corrected chi connectivity index (χ0v) is 12.3. The van der Waals surface area contributed by atoms with E-state index in [-0.39, 0.29) is 0 Å². The van der Waals surface area contributed by atoms with Crippen molar-refractivity contribution >= 4 is 0 Å². The minimum absolute atomic E-state index is 0.473. The molecule has 0 spiro atoms. The van der Waals surface area contributed by atoms with E-state index < -0.39 is 0 Å². The van der Waals surface area contributed by atoms with E-state index in [0.29, 0.717) is 6.04 Å². The Bertz CT molecular complexity index is 356. The van der Waals surface area contributed by atoms with Crippen LogP contribution in [0.25, 0.3) is 0 Å². The van der Waals surface area contributed by atoms with Gasteiger partial charge < -0.3 is 10.1 Å². The van der Waals surface area contributed by atoms with E-state index in [1.807, 2.05) is 0 Å². The lowest BCUT2D eigenvalue weighted by molar-refractivity contribution is 0.302. The zero-order chi connectivity index (χ0) is 13.5. The van der Waals surface area contributed by atoms with E-state index in [2.05, 4.69) is 43.4 Å². The largest absolute Gasteiger partial charge is 0.494 e. The van der Waals surface area contributed by atoms with Gasteiger partial charge in [-0.25, -0.2) is 0 Å². The summed E-state index contributed by atoms with van der Waals surface area (Å²) in [6.07, 6.45) is 6.34. The third kappa shape index (κ3) is 4.87. The van der Waals surface area contributed by atoms with Gasteiger partial charge in [0.25, 0.3) is 0 Å². The van der Waals surface area contributed by atoms with Crippen LogP contribution in [0.15, 0.2) is 24.3 Å². The van der Waals surface area contributed by atoms with E-state index in [0.717, 1.165) is 31.2 Å². The van der Waals surface area contributed by atoms with Crippen molar-refractivity contribution in [1.29, 1.82) is 0 Å². The number of benzene rings is 1. The van der Waals surface area contributed by atoms with Crippen LogP contribution >= 0.6 is 0 Å². The summed E-state index contributed by atoms with van der Waals surface area (Å²) in [7, 11) is 0. The Hall–Kier alpha value is -1.02. The lowest BCUT2D eigenvalue weighted by Gasteiger charge is -2.17. The molecular formula is C17H27NO. The van der Waals surface area contributed by atoms with Crippen LogP contribution in [0.2, 0.25) is 0 Å². The van der Waals surface area contributed by atoms with Crippen LogP contribution < -0.4 is 10.1 Å².